The summed E-state index contributed by atoms with van der Waals surface area (Å²) in [5.41, 5.74) is 2.56. The lowest BCUT2D eigenvalue weighted by atomic mass is 10.1. The minimum Gasteiger partial charge on any atom is -0.353 e. The van der Waals surface area contributed by atoms with E-state index in [1.165, 1.54) is 44.0 Å². The molecule has 0 bridgehead atoms. The molecule has 0 atom stereocenters. The predicted molar refractivity (Wildman–Crippen MR) is 78.7 cm³/mol. The van der Waals surface area contributed by atoms with Gasteiger partial charge in [0.1, 0.15) is 0 Å². The molecule has 1 aliphatic rings. The fraction of sp³-hybridized carbons (Fsp3) is 0.438. The van der Waals surface area contributed by atoms with Crippen LogP contribution >= 0.6 is 0 Å². The van der Waals surface area contributed by atoms with Crippen LogP contribution in [-0.2, 0) is 11.3 Å². The third-order valence-corrected chi connectivity index (χ3v) is 3.34. The Balaban J connectivity index is 1.88. The van der Waals surface area contributed by atoms with Crippen molar-refractivity contribution in [1.82, 2.24) is 10.2 Å². The number of hydrogen-bond acceptors (Lipinski definition) is 2. The van der Waals surface area contributed by atoms with Crippen LogP contribution in [0, 0.1) is 0 Å². The SMILES string of the molecule is CC(=O)NCC=Cc1cccc(CN2CCCC2)c1. The van der Waals surface area contributed by atoms with Gasteiger partial charge in [-0.3, -0.25) is 9.69 Å². The van der Waals surface area contributed by atoms with Crippen molar-refractivity contribution in [1.29, 1.82) is 0 Å². The van der Waals surface area contributed by atoms with E-state index in [0.717, 1.165) is 6.54 Å². The first-order valence-corrected chi connectivity index (χ1v) is 6.96. The molecule has 1 fully saturated rings. The lowest BCUT2D eigenvalue weighted by molar-refractivity contribution is -0.118. The standard InChI is InChI=1S/C16H22N2O/c1-14(19)17-9-5-8-15-6-4-7-16(12-15)13-18-10-2-3-11-18/h4-8,12H,2-3,9-11,13H2,1H3,(H,17,19). The Morgan fingerprint density at radius 2 is 2.16 bits per heavy atom. The van der Waals surface area contributed by atoms with Gasteiger partial charge < -0.3 is 5.32 Å². The zero-order valence-electron chi connectivity index (χ0n) is 11.6. The van der Waals surface area contributed by atoms with Gasteiger partial charge >= 0.3 is 0 Å². The highest BCUT2D eigenvalue weighted by atomic mass is 16.1. The minimum absolute atomic E-state index is 0.00688. The Hall–Kier alpha value is -1.61. The Morgan fingerprint density at radius 3 is 2.89 bits per heavy atom. The maximum absolute atomic E-state index is 10.8. The van der Waals surface area contributed by atoms with E-state index in [1.807, 2.05) is 6.08 Å². The summed E-state index contributed by atoms with van der Waals surface area (Å²) in [5.74, 6) is 0.00688. The Labute approximate surface area is 115 Å². The van der Waals surface area contributed by atoms with Crippen molar-refractivity contribution in [3.8, 4) is 0 Å². The van der Waals surface area contributed by atoms with Gasteiger partial charge in [-0.15, -0.1) is 0 Å². The van der Waals surface area contributed by atoms with Crippen LogP contribution in [0.4, 0.5) is 0 Å². The molecule has 19 heavy (non-hydrogen) atoms. The summed E-state index contributed by atoms with van der Waals surface area (Å²) in [6.07, 6.45) is 6.70. The van der Waals surface area contributed by atoms with E-state index in [2.05, 4.69) is 40.6 Å². The second-order valence-electron chi connectivity index (χ2n) is 5.07. The number of nitrogens with one attached hydrogen (secondary N) is 1. The monoisotopic (exact) mass is 258 g/mol. The van der Waals surface area contributed by atoms with Crippen molar-refractivity contribution >= 4 is 12.0 Å². The summed E-state index contributed by atoms with van der Waals surface area (Å²) in [4.78, 5) is 13.3. The van der Waals surface area contributed by atoms with E-state index in [0.29, 0.717) is 6.54 Å². The summed E-state index contributed by atoms with van der Waals surface area (Å²) >= 11 is 0. The summed E-state index contributed by atoms with van der Waals surface area (Å²) in [7, 11) is 0. The Bertz CT molecular complexity index is 448. The molecule has 1 saturated heterocycles. The van der Waals surface area contributed by atoms with Crippen LogP contribution in [0.5, 0.6) is 0 Å². The van der Waals surface area contributed by atoms with Crippen LogP contribution < -0.4 is 5.32 Å². The molecule has 0 saturated carbocycles. The summed E-state index contributed by atoms with van der Waals surface area (Å²) < 4.78 is 0. The van der Waals surface area contributed by atoms with Crippen LogP contribution in [-0.4, -0.2) is 30.4 Å². The average Bonchev–Trinajstić information content (AvgIpc) is 2.88. The molecule has 0 aliphatic carbocycles. The van der Waals surface area contributed by atoms with Crippen molar-refractivity contribution < 1.29 is 4.79 Å². The smallest absolute Gasteiger partial charge is 0.217 e. The van der Waals surface area contributed by atoms with Crippen molar-refractivity contribution in [3.63, 3.8) is 0 Å². The lowest BCUT2D eigenvalue weighted by Crippen LogP contribution is -2.19. The van der Waals surface area contributed by atoms with E-state index in [-0.39, 0.29) is 5.91 Å². The quantitative estimate of drug-likeness (QED) is 0.879. The molecule has 3 nitrogen and oxygen atoms in total. The summed E-state index contributed by atoms with van der Waals surface area (Å²) in [5, 5.41) is 2.76. The Kier molecular flexibility index (Phi) is 5.16. The van der Waals surface area contributed by atoms with Crippen LogP contribution in [0.3, 0.4) is 0 Å². The molecule has 1 N–H and O–H groups in total. The molecule has 1 amide bonds. The van der Waals surface area contributed by atoms with Crippen LogP contribution in [0.1, 0.15) is 30.9 Å². The maximum atomic E-state index is 10.8. The number of hydrogen-bond donors (Lipinski definition) is 1. The van der Waals surface area contributed by atoms with Gasteiger partial charge in [0.2, 0.25) is 5.91 Å². The Morgan fingerprint density at radius 1 is 1.37 bits per heavy atom. The van der Waals surface area contributed by atoms with Gasteiger partial charge in [-0.2, -0.15) is 0 Å². The molecular formula is C16H22N2O. The fourth-order valence-electron chi connectivity index (χ4n) is 2.39. The second-order valence-corrected chi connectivity index (χ2v) is 5.07. The molecule has 0 aromatic heterocycles. The molecule has 0 unspecified atom stereocenters. The molecule has 0 spiro atoms. The van der Waals surface area contributed by atoms with Crippen LogP contribution in [0.15, 0.2) is 30.3 Å². The highest BCUT2D eigenvalue weighted by Crippen LogP contribution is 2.14. The van der Waals surface area contributed by atoms with Gasteiger partial charge in [-0.25, -0.2) is 0 Å². The highest BCUT2D eigenvalue weighted by Gasteiger charge is 2.11. The molecular weight excluding hydrogens is 236 g/mol. The van der Waals surface area contributed by atoms with Crippen LogP contribution in [0.2, 0.25) is 0 Å². The number of nitrogens with zero attached hydrogens (tertiary/aromatic N) is 1. The number of benzene rings is 1. The minimum atomic E-state index is 0.00688. The van der Waals surface area contributed by atoms with Gasteiger partial charge in [0.05, 0.1) is 0 Å². The van der Waals surface area contributed by atoms with Crippen molar-refractivity contribution in [2.75, 3.05) is 19.6 Å². The fourth-order valence-corrected chi connectivity index (χ4v) is 2.39. The normalized spacial score (nSPS) is 16.1. The number of amides is 1. The number of likely N-dealkylation sites (tertiary alicyclic amines) is 1. The topological polar surface area (TPSA) is 32.3 Å². The van der Waals surface area contributed by atoms with Crippen molar-refractivity contribution in [3.05, 3.63) is 41.5 Å². The van der Waals surface area contributed by atoms with Gasteiger partial charge in [0, 0.05) is 20.0 Å². The van der Waals surface area contributed by atoms with Crippen LogP contribution in [0.25, 0.3) is 6.08 Å². The number of rotatable bonds is 5. The third-order valence-electron chi connectivity index (χ3n) is 3.34. The van der Waals surface area contributed by atoms with Gasteiger partial charge in [0.25, 0.3) is 0 Å². The van der Waals surface area contributed by atoms with E-state index < -0.39 is 0 Å². The largest absolute Gasteiger partial charge is 0.353 e. The van der Waals surface area contributed by atoms with E-state index in [1.54, 1.807) is 0 Å². The zero-order chi connectivity index (χ0) is 13.5. The predicted octanol–water partition coefficient (Wildman–Crippen LogP) is 2.43. The molecule has 3 heteroatoms. The van der Waals surface area contributed by atoms with Gasteiger partial charge in [0.15, 0.2) is 0 Å². The third kappa shape index (κ3) is 4.87. The van der Waals surface area contributed by atoms with E-state index in [4.69, 9.17) is 0 Å². The molecule has 1 aromatic carbocycles. The molecule has 2 rings (SSSR count). The highest BCUT2D eigenvalue weighted by molar-refractivity contribution is 5.73. The molecule has 0 radical (unpaired) electrons. The maximum Gasteiger partial charge on any atom is 0.217 e. The van der Waals surface area contributed by atoms with E-state index in [9.17, 15) is 4.79 Å². The lowest BCUT2D eigenvalue weighted by Gasteiger charge is -2.14. The molecule has 1 heterocycles. The summed E-state index contributed by atoms with van der Waals surface area (Å²) in [6.45, 7) is 5.62. The van der Waals surface area contributed by atoms with Gasteiger partial charge in [-0.05, 0) is 37.1 Å². The number of carbonyl (C=O) groups is 1. The van der Waals surface area contributed by atoms with Crippen molar-refractivity contribution in [2.45, 2.75) is 26.3 Å². The second kappa shape index (κ2) is 7.10. The van der Waals surface area contributed by atoms with Crippen molar-refractivity contribution in [2.24, 2.45) is 0 Å². The van der Waals surface area contributed by atoms with Gasteiger partial charge in [-0.1, -0.05) is 36.4 Å². The molecule has 1 aromatic rings. The first-order chi connectivity index (χ1) is 9.24. The zero-order valence-corrected chi connectivity index (χ0v) is 11.6. The van der Waals surface area contributed by atoms with E-state index >= 15 is 0 Å². The first-order valence-electron chi connectivity index (χ1n) is 6.96. The number of carbonyl (C=O) groups excluding carboxylic acids is 1. The average molecular weight is 258 g/mol. The first kappa shape index (κ1) is 13.8. The summed E-state index contributed by atoms with van der Waals surface area (Å²) in [6, 6.07) is 8.60. The molecule has 1 aliphatic heterocycles. The molecule has 102 valence electrons.